The van der Waals surface area contributed by atoms with Crippen LogP contribution in [-0.4, -0.2) is 68.0 Å². The number of carboxylic acids is 1. The van der Waals surface area contributed by atoms with Crippen molar-refractivity contribution in [1.29, 1.82) is 0 Å². The highest BCUT2D eigenvalue weighted by atomic mass is 32.1. The molecule has 1 aliphatic rings. The zero-order valence-electron chi connectivity index (χ0n) is 22.9. The van der Waals surface area contributed by atoms with Gasteiger partial charge in [0.2, 0.25) is 11.8 Å². The van der Waals surface area contributed by atoms with Crippen LogP contribution < -0.4 is 11.1 Å². The van der Waals surface area contributed by atoms with E-state index in [0.29, 0.717) is 40.4 Å². The molecule has 0 radical (unpaired) electrons. The molecule has 0 saturated heterocycles. The SMILES string of the molecule is CC(C)C[C@H](N)C(=O)n1cc(C[C@H](NC(=O)C(S)CCCN2C(=O)c3ccccc3C2=O)C(=O)O)c2ccccc21. The number of rotatable bonds is 12. The molecule has 3 amide bonds. The summed E-state index contributed by atoms with van der Waals surface area (Å²) < 4.78 is 1.46. The Labute approximate surface area is 243 Å². The van der Waals surface area contributed by atoms with Crippen molar-refractivity contribution in [2.24, 2.45) is 11.7 Å². The number of nitrogens with one attached hydrogen (secondary N) is 1. The Balaban J connectivity index is 1.40. The summed E-state index contributed by atoms with van der Waals surface area (Å²) in [5.74, 6) is -2.63. The Hall–Kier alpha value is -3.96. The lowest BCUT2D eigenvalue weighted by Crippen LogP contribution is -2.45. The lowest BCUT2D eigenvalue weighted by atomic mass is 10.0. The molecule has 0 aliphatic carbocycles. The molecule has 4 rings (SSSR count). The minimum atomic E-state index is -1.27. The second-order valence-electron chi connectivity index (χ2n) is 10.7. The molecule has 41 heavy (non-hydrogen) atoms. The van der Waals surface area contributed by atoms with E-state index >= 15 is 0 Å². The number of aromatic nitrogens is 1. The van der Waals surface area contributed by atoms with E-state index in [1.165, 1.54) is 4.57 Å². The molecule has 0 spiro atoms. The first-order chi connectivity index (χ1) is 19.5. The van der Waals surface area contributed by atoms with E-state index in [2.05, 4.69) is 17.9 Å². The van der Waals surface area contributed by atoms with Crippen molar-refractivity contribution in [2.75, 3.05) is 6.54 Å². The fraction of sp³-hybridized carbons (Fsp3) is 0.367. The van der Waals surface area contributed by atoms with Crippen LogP contribution in [0.25, 0.3) is 10.9 Å². The number of carbonyl (C=O) groups excluding carboxylic acids is 4. The first-order valence-electron chi connectivity index (χ1n) is 13.5. The average molecular weight is 579 g/mol. The molecule has 2 heterocycles. The van der Waals surface area contributed by atoms with E-state index in [0.717, 1.165) is 4.90 Å². The zero-order valence-corrected chi connectivity index (χ0v) is 23.8. The van der Waals surface area contributed by atoms with Gasteiger partial charge < -0.3 is 16.2 Å². The van der Waals surface area contributed by atoms with Gasteiger partial charge in [0.05, 0.1) is 27.9 Å². The van der Waals surface area contributed by atoms with Crippen LogP contribution in [0.4, 0.5) is 0 Å². The maximum Gasteiger partial charge on any atom is 0.326 e. The molecule has 1 aromatic heterocycles. The fourth-order valence-corrected chi connectivity index (χ4v) is 5.34. The zero-order chi connectivity index (χ0) is 29.8. The van der Waals surface area contributed by atoms with Gasteiger partial charge in [0.15, 0.2) is 0 Å². The van der Waals surface area contributed by atoms with Crippen LogP contribution in [0.3, 0.4) is 0 Å². The minimum absolute atomic E-state index is 0.0587. The quantitative estimate of drug-likeness (QED) is 0.190. The third kappa shape index (κ3) is 6.52. The first kappa shape index (κ1) is 30.0. The number of nitrogens with two attached hydrogens (primary N) is 1. The van der Waals surface area contributed by atoms with Crippen molar-refractivity contribution in [1.82, 2.24) is 14.8 Å². The molecule has 10 nitrogen and oxygen atoms in total. The van der Waals surface area contributed by atoms with Crippen molar-refractivity contribution in [3.05, 3.63) is 71.4 Å². The predicted octanol–water partition coefficient (Wildman–Crippen LogP) is 3.14. The van der Waals surface area contributed by atoms with E-state index in [-0.39, 0.29) is 43.0 Å². The molecule has 3 atom stereocenters. The summed E-state index contributed by atoms with van der Waals surface area (Å²) in [5.41, 5.74) is 8.05. The van der Waals surface area contributed by atoms with E-state index in [9.17, 15) is 29.1 Å². The van der Waals surface area contributed by atoms with Crippen LogP contribution >= 0.6 is 12.6 Å². The van der Waals surface area contributed by atoms with Crippen LogP contribution in [0.1, 0.15) is 64.2 Å². The van der Waals surface area contributed by atoms with E-state index in [4.69, 9.17) is 5.73 Å². The van der Waals surface area contributed by atoms with Gasteiger partial charge in [0.25, 0.3) is 11.8 Å². The molecule has 0 saturated carbocycles. The number of hydrogen-bond donors (Lipinski definition) is 4. The van der Waals surface area contributed by atoms with Crippen molar-refractivity contribution in [3.63, 3.8) is 0 Å². The number of aliphatic carboxylic acids is 1. The highest BCUT2D eigenvalue weighted by Crippen LogP contribution is 2.25. The lowest BCUT2D eigenvalue weighted by molar-refractivity contribution is -0.141. The largest absolute Gasteiger partial charge is 0.480 e. The molecule has 1 aliphatic heterocycles. The summed E-state index contributed by atoms with van der Waals surface area (Å²) in [7, 11) is 0. The highest BCUT2D eigenvalue weighted by Gasteiger charge is 2.35. The molecular weight excluding hydrogens is 544 g/mol. The minimum Gasteiger partial charge on any atom is -0.480 e. The van der Waals surface area contributed by atoms with Crippen molar-refractivity contribution in [2.45, 2.75) is 56.9 Å². The third-order valence-corrected chi connectivity index (χ3v) is 7.65. The van der Waals surface area contributed by atoms with Crippen molar-refractivity contribution < 1.29 is 29.1 Å². The summed E-state index contributed by atoms with van der Waals surface area (Å²) in [6, 6.07) is 11.7. The number of thiol groups is 1. The van der Waals surface area contributed by atoms with Gasteiger partial charge in [-0.3, -0.25) is 28.6 Å². The van der Waals surface area contributed by atoms with Gasteiger partial charge in [0, 0.05) is 24.5 Å². The van der Waals surface area contributed by atoms with Gasteiger partial charge in [-0.25, -0.2) is 4.79 Å². The molecule has 216 valence electrons. The number of amides is 3. The smallest absolute Gasteiger partial charge is 0.326 e. The van der Waals surface area contributed by atoms with Gasteiger partial charge in [-0.2, -0.15) is 12.6 Å². The maximum atomic E-state index is 13.1. The molecule has 4 N–H and O–H groups in total. The van der Waals surface area contributed by atoms with Crippen LogP contribution in [-0.2, 0) is 16.0 Å². The summed E-state index contributed by atoms with van der Waals surface area (Å²) >= 11 is 4.35. The molecule has 11 heteroatoms. The predicted molar refractivity (Wildman–Crippen MR) is 157 cm³/mol. The number of para-hydroxylation sites is 1. The Morgan fingerprint density at radius 3 is 2.22 bits per heavy atom. The topological polar surface area (TPSA) is 152 Å². The van der Waals surface area contributed by atoms with Crippen LogP contribution in [0.5, 0.6) is 0 Å². The van der Waals surface area contributed by atoms with E-state index in [1.54, 1.807) is 54.7 Å². The van der Waals surface area contributed by atoms with Gasteiger partial charge in [-0.05, 0) is 48.9 Å². The Bertz CT molecular complexity index is 1460. The molecule has 3 aromatic rings. The Kier molecular flexibility index (Phi) is 9.29. The highest BCUT2D eigenvalue weighted by molar-refractivity contribution is 7.81. The number of carboxylic acid groups (broad SMARTS) is 1. The summed E-state index contributed by atoms with van der Waals surface area (Å²) in [6.07, 6.45) is 2.57. The molecular formula is C30H34N4O6S. The number of nitrogens with zero attached hydrogens (tertiary/aromatic N) is 2. The maximum absolute atomic E-state index is 13.1. The second kappa shape index (κ2) is 12.7. The normalized spacial score (nSPS) is 15.2. The monoisotopic (exact) mass is 578 g/mol. The van der Waals surface area contributed by atoms with Gasteiger partial charge in [-0.15, -0.1) is 0 Å². The summed E-state index contributed by atoms with van der Waals surface area (Å²) in [6.45, 7) is 4.07. The summed E-state index contributed by atoms with van der Waals surface area (Å²) in [5, 5.41) is 12.3. The van der Waals surface area contributed by atoms with Crippen molar-refractivity contribution in [3.8, 4) is 0 Å². The standard InChI is InChI=1S/C30H34N4O6S/c1-17(2)14-22(31)29(38)34-16-18(19-8-5-6-11-24(19)34)15-23(30(39)40)32-26(35)25(41)12-7-13-33-27(36)20-9-3-4-10-21(20)28(33)37/h3-6,8-11,16-17,22-23,25,41H,7,12-15,31H2,1-2H3,(H,32,35)(H,39,40)/t22-,23-,25?/m0/s1. The van der Waals surface area contributed by atoms with Gasteiger partial charge >= 0.3 is 5.97 Å². The fourth-order valence-electron chi connectivity index (χ4n) is 5.09. The second-order valence-corrected chi connectivity index (χ2v) is 11.3. The third-order valence-electron chi connectivity index (χ3n) is 7.15. The average Bonchev–Trinajstić information content (AvgIpc) is 3.42. The summed E-state index contributed by atoms with van der Waals surface area (Å²) in [4.78, 5) is 64.3. The van der Waals surface area contributed by atoms with Crippen LogP contribution in [0.15, 0.2) is 54.7 Å². The van der Waals surface area contributed by atoms with Crippen LogP contribution in [0.2, 0.25) is 0 Å². The Morgan fingerprint density at radius 1 is 1.00 bits per heavy atom. The lowest BCUT2D eigenvalue weighted by Gasteiger charge is -2.18. The number of hydrogen-bond acceptors (Lipinski definition) is 7. The van der Waals surface area contributed by atoms with Crippen molar-refractivity contribution >= 4 is 53.1 Å². The number of benzene rings is 2. The Morgan fingerprint density at radius 2 is 1.61 bits per heavy atom. The molecule has 2 aromatic carbocycles. The van der Waals surface area contributed by atoms with Gasteiger partial charge in [0.1, 0.15) is 6.04 Å². The van der Waals surface area contributed by atoms with Gasteiger partial charge in [-0.1, -0.05) is 44.2 Å². The number of imide groups is 1. The number of carbonyl (C=O) groups is 5. The van der Waals surface area contributed by atoms with E-state index in [1.807, 2.05) is 13.8 Å². The van der Waals surface area contributed by atoms with Crippen LogP contribution in [0, 0.1) is 5.92 Å². The first-order valence-corrected chi connectivity index (χ1v) is 14.1. The molecule has 0 fully saturated rings. The number of fused-ring (bicyclic) bond motifs is 2. The molecule has 1 unspecified atom stereocenters. The molecule has 0 bridgehead atoms. The van der Waals surface area contributed by atoms with E-state index < -0.39 is 29.2 Å².